The molecule has 1 atom stereocenters. The average Bonchev–Trinajstić information content (AvgIpc) is 3.16. The first-order chi connectivity index (χ1) is 15.8. The minimum Gasteiger partial charge on any atom is -0.479 e. The van der Waals surface area contributed by atoms with Gasteiger partial charge in [0.05, 0.1) is 18.8 Å². The van der Waals surface area contributed by atoms with Crippen LogP contribution in [0.2, 0.25) is 0 Å². The normalized spacial score (nSPS) is 18.2. The van der Waals surface area contributed by atoms with Crippen molar-refractivity contribution in [1.82, 2.24) is 30.0 Å². The van der Waals surface area contributed by atoms with Crippen LogP contribution in [0.1, 0.15) is 60.5 Å². The maximum Gasteiger partial charge on any atom is 0.336 e. The van der Waals surface area contributed by atoms with Gasteiger partial charge in [-0.1, -0.05) is 0 Å². The molecule has 184 valence electrons. The number of amides is 2. The number of carboxylic acid groups (broad SMARTS) is 1. The van der Waals surface area contributed by atoms with E-state index in [1.54, 1.807) is 4.68 Å². The van der Waals surface area contributed by atoms with Gasteiger partial charge in [-0.25, -0.2) is 9.52 Å². The van der Waals surface area contributed by atoms with Crippen molar-refractivity contribution in [3.8, 4) is 0 Å². The van der Waals surface area contributed by atoms with Gasteiger partial charge < -0.3 is 20.6 Å². The Hall–Kier alpha value is -2.15. The highest BCUT2D eigenvalue weighted by atomic mass is 32.2. The standard InChI is InChI=1S/C21H34N6O5S/c1-14(2)25-33-32-18(21(30)31)13-23-19(28)16-12-17-20(29)26(9-3-10-27(17)24-16)11-6-15-4-7-22-8-5-15/h12,14-15,18,22,25H,3-11,13H2,1-2H3,(H,23,28)(H,30,31)/t18-/m0/s1. The van der Waals surface area contributed by atoms with Crippen molar-refractivity contribution in [1.29, 1.82) is 0 Å². The molecule has 3 rings (SSSR count). The van der Waals surface area contributed by atoms with E-state index in [2.05, 4.69) is 20.5 Å². The zero-order chi connectivity index (χ0) is 23.8. The highest BCUT2D eigenvalue weighted by Crippen LogP contribution is 2.19. The first-order valence-electron chi connectivity index (χ1n) is 11.5. The Kier molecular flexibility index (Phi) is 9.53. The first-order valence-corrected chi connectivity index (χ1v) is 12.3. The molecule has 1 aromatic heterocycles. The van der Waals surface area contributed by atoms with Gasteiger partial charge in [-0.05, 0) is 58.5 Å². The van der Waals surface area contributed by atoms with Crippen LogP contribution >= 0.6 is 12.2 Å². The molecule has 0 aliphatic carbocycles. The number of aliphatic carboxylic acids is 1. The first kappa shape index (κ1) is 25.5. The molecule has 0 bridgehead atoms. The van der Waals surface area contributed by atoms with Crippen LogP contribution in [0.15, 0.2) is 6.07 Å². The second kappa shape index (κ2) is 12.4. The molecule has 0 aromatic carbocycles. The summed E-state index contributed by atoms with van der Waals surface area (Å²) in [6, 6.07) is 1.60. The van der Waals surface area contributed by atoms with Crippen LogP contribution < -0.4 is 15.4 Å². The fourth-order valence-corrected chi connectivity index (χ4v) is 4.40. The highest BCUT2D eigenvalue weighted by molar-refractivity contribution is 7.92. The molecule has 11 nitrogen and oxygen atoms in total. The summed E-state index contributed by atoms with van der Waals surface area (Å²) in [4.78, 5) is 38.9. The van der Waals surface area contributed by atoms with Crippen molar-refractivity contribution in [3.05, 3.63) is 17.5 Å². The van der Waals surface area contributed by atoms with E-state index < -0.39 is 18.0 Å². The molecule has 12 heteroatoms. The van der Waals surface area contributed by atoms with Crippen LogP contribution in [0.5, 0.6) is 0 Å². The molecular formula is C21H34N6O5S. The average molecular weight is 483 g/mol. The molecule has 0 unspecified atom stereocenters. The third kappa shape index (κ3) is 7.42. The number of aromatic nitrogens is 2. The maximum absolute atomic E-state index is 13.1. The zero-order valence-electron chi connectivity index (χ0n) is 19.2. The van der Waals surface area contributed by atoms with Crippen molar-refractivity contribution in [2.24, 2.45) is 5.92 Å². The Morgan fingerprint density at radius 3 is 2.79 bits per heavy atom. The van der Waals surface area contributed by atoms with E-state index in [1.807, 2.05) is 18.7 Å². The molecule has 2 aliphatic heterocycles. The summed E-state index contributed by atoms with van der Waals surface area (Å²) in [7, 11) is 0. The lowest BCUT2D eigenvalue weighted by atomic mass is 9.94. The zero-order valence-corrected chi connectivity index (χ0v) is 20.0. The minimum atomic E-state index is -1.22. The highest BCUT2D eigenvalue weighted by Gasteiger charge is 2.28. The number of carboxylic acids is 1. The molecular weight excluding hydrogens is 448 g/mol. The predicted molar refractivity (Wildman–Crippen MR) is 124 cm³/mol. The van der Waals surface area contributed by atoms with Crippen molar-refractivity contribution in [2.45, 2.75) is 58.2 Å². The Morgan fingerprint density at radius 1 is 1.33 bits per heavy atom. The Balaban J connectivity index is 1.56. The number of nitrogens with one attached hydrogen (secondary N) is 3. The van der Waals surface area contributed by atoms with E-state index in [1.165, 1.54) is 6.07 Å². The molecule has 3 heterocycles. The van der Waals surface area contributed by atoms with Gasteiger partial charge in [-0.3, -0.25) is 18.5 Å². The van der Waals surface area contributed by atoms with Gasteiger partial charge >= 0.3 is 5.97 Å². The number of carbonyl (C=O) groups is 3. The Labute approximate surface area is 198 Å². The van der Waals surface area contributed by atoms with Crippen molar-refractivity contribution in [2.75, 3.05) is 32.7 Å². The number of hydrogen-bond donors (Lipinski definition) is 4. The fraction of sp³-hybridized carbons (Fsp3) is 0.714. The summed E-state index contributed by atoms with van der Waals surface area (Å²) in [6.45, 7) is 7.56. The summed E-state index contributed by atoms with van der Waals surface area (Å²) in [6.07, 6.45) is 2.80. The molecule has 0 saturated carbocycles. The number of piperidine rings is 1. The molecule has 4 N–H and O–H groups in total. The van der Waals surface area contributed by atoms with E-state index in [-0.39, 0.29) is 24.2 Å². The van der Waals surface area contributed by atoms with Crippen molar-refractivity contribution >= 4 is 30.0 Å². The van der Waals surface area contributed by atoms with Gasteiger partial charge in [0.2, 0.25) is 0 Å². The van der Waals surface area contributed by atoms with Crippen LogP contribution in [-0.4, -0.2) is 82.4 Å². The summed E-state index contributed by atoms with van der Waals surface area (Å²) >= 11 is 0.829. The minimum absolute atomic E-state index is 0.0932. The molecule has 1 fully saturated rings. The van der Waals surface area contributed by atoms with Crippen LogP contribution in [0.3, 0.4) is 0 Å². The van der Waals surface area contributed by atoms with Gasteiger partial charge in [-0.2, -0.15) is 5.10 Å². The molecule has 0 radical (unpaired) electrons. The Bertz CT molecular complexity index is 826. The van der Waals surface area contributed by atoms with E-state index in [0.717, 1.165) is 51.0 Å². The summed E-state index contributed by atoms with van der Waals surface area (Å²) in [5, 5.41) is 19.5. The third-order valence-electron chi connectivity index (χ3n) is 5.75. The topological polar surface area (TPSA) is 138 Å². The number of aryl methyl sites for hydroxylation is 1. The van der Waals surface area contributed by atoms with Crippen LogP contribution in [-0.2, 0) is 15.5 Å². The monoisotopic (exact) mass is 482 g/mol. The van der Waals surface area contributed by atoms with Crippen LogP contribution in [0.4, 0.5) is 0 Å². The quantitative estimate of drug-likeness (QED) is 0.267. The molecule has 2 aliphatic rings. The second-order valence-corrected chi connectivity index (χ2v) is 9.35. The van der Waals surface area contributed by atoms with Gasteiger partial charge in [-0.15, -0.1) is 0 Å². The fourth-order valence-electron chi connectivity index (χ4n) is 3.89. The Morgan fingerprint density at radius 2 is 2.09 bits per heavy atom. The number of hydrogen-bond acceptors (Lipinski definition) is 8. The van der Waals surface area contributed by atoms with Gasteiger partial charge in [0.15, 0.2) is 11.8 Å². The van der Waals surface area contributed by atoms with E-state index in [9.17, 15) is 19.5 Å². The van der Waals surface area contributed by atoms with Gasteiger partial charge in [0.1, 0.15) is 5.69 Å². The van der Waals surface area contributed by atoms with Gasteiger partial charge in [0.25, 0.3) is 11.8 Å². The molecule has 1 aromatic rings. The molecule has 0 spiro atoms. The summed E-state index contributed by atoms with van der Waals surface area (Å²) in [5.41, 5.74) is 0.487. The van der Waals surface area contributed by atoms with Crippen molar-refractivity contribution < 1.29 is 23.7 Å². The second-order valence-electron chi connectivity index (χ2n) is 8.75. The van der Waals surface area contributed by atoms with E-state index in [4.69, 9.17) is 4.18 Å². The lowest BCUT2D eigenvalue weighted by Crippen LogP contribution is -2.38. The number of rotatable bonds is 11. The summed E-state index contributed by atoms with van der Waals surface area (Å²) < 4.78 is 9.67. The molecule has 2 amide bonds. The maximum atomic E-state index is 13.1. The summed E-state index contributed by atoms with van der Waals surface area (Å²) in [5.74, 6) is -1.21. The molecule has 33 heavy (non-hydrogen) atoms. The largest absolute Gasteiger partial charge is 0.479 e. The number of carbonyl (C=O) groups excluding carboxylic acids is 2. The number of nitrogens with zero attached hydrogens (tertiary/aromatic N) is 3. The van der Waals surface area contributed by atoms with Crippen LogP contribution in [0.25, 0.3) is 0 Å². The van der Waals surface area contributed by atoms with E-state index >= 15 is 0 Å². The van der Waals surface area contributed by atoms with E-state index in [0.29, 0.717) is 31.2 Å². The third-order valence-corrected chi connectivity index (χ3v) is 6.65. The van der Waals surface area contributed by atoms with Crippen molar-refractivity contribution in [3.63, 3.8) is 0 Å². The number of fused-ring (bicyclic) bond motifs is 1. The van der Waals surface area contributed by atoms with Gasteiger partial charge in [0, 0.05) is 31.7 Å². The molecule has 1 saturated heterocycles. The lowest BCUT2D eigenvalue weighted by molar-refractivity contribution is -0.144. The predicted octanol–water partition coefficient (Wildman–Crippen LogP) is 0.880. The lowest BCUT2D eigenvalue weighted by Gasteiger charge is -2.26. The smallest absolute Gasteiger partial charge is 0.336 e. The van der Waals surface area contributed by atoms with Crippen LogP contribution in [0, 0.1) is 5.92 Å². The SMILES string of the molecule is CC(C)NSO[C@@H](CNC(=O)c1cc2n(n1)CCCN(CCC1CCNCC1)C2=O)C(=O)O.